The molecule has 1 aliphatic heterocycles. The molecule has 1 aromatic carbocycles. The standard InChI is InChI=1S/C13H13NO6/c1-18-10-3-2-8(13(16)17)6-9(10)14-12(15)11-7-19-4-5-20-11/h2-3,6-7H,4-5H2,1H3,(H,14,15)(H,16,17). The molecule has 0 atom stereocenters. The van der Waals surface area contributed by atoms with Crippen LogP contribution in [0.5, 0.6) is 5.75 Å². The number of nitrogens with one attached hydrogen (secondary N) is 1. The maximum atomic E-state index is 11.9. The molecule has 7 nitrogen and oxygen atoms in total. The number of carboxylic acid groups (broad SMARTS) is 1. The monoisotopic (exact) mass is 279 g/mol. The van der Waals surface area contributed by atoms with Crippen LogP contribution in [0.15, 0.2) is 30.2 Å². The molecule has 1 amide bonds. The molecule has 7 heteroatoms. The van der Waals surface area contributed by atoms with Gasteiger partial charge in [-0.3, -0.25) is 4.79 Å². The van der Waals surface area contributed by atoms with Crippen LogP contribution in [0.1, 0.15) is 10.4 Å². The lowest BCUT2D eigenvalue weighted by Crippen LogP contribution is -2.21. The SMILES string of the molecule is COc1ccc(C(=O)O)cc1NC(=O)C1=COCCO1. The first-order valence-electron chi connectivity index (χ1n) is 5.79. The zero-order chi connectivity index (χ0) is 14.5. The van der Waals surface area contributed by atoms with Gasteiger partial charge in [0.1, 0.15) is 25.2 Å². The van der Waals surface area contributed by atoms with Crippen molar-refractivity contribution in [3.05, 3.63) is 35.8 Å². The first kappa shape index (κ1) is 13.7. The second-order valence-corrected chi connectivity index (χ2v) is 3.88. The molecule has 0 saturated heterocycles. The van der Waals surface area contributed by atoms with Crippen molar-refractivity contribution in [1.82, 2.24) is 0 Å². The number of carbonyl (C=O) groups excluding carboxylic acids is 1. The third-order valence-electron chi connectivity index (χ3n) is 2.57. The van der Waals surface area contributed by atoms with Crippen LogP contribution in [0.4, 0.5) is 5.69 Å². The fraction of sp³-hybridized carbons (Fsp3) is 0.231. The lowest BCUT2D eigenvalue weighted by Gasteiger charge is -2.16. The van der Waals surface area contributed by atoms with Crippen molar-refractivity contribution in [2.24, 2.45) is 0 Å². The summed E-state index contributed by atoms with van der Waals surface area (Å²) in [6.45, 7) is 0.667. The molecule has 20 heavy (non-hydrogen) atoms. The largest absolute Gasteiger partial charge is 0.495 e. The molecule has 0 aromatic heterocycles. The van der Waals surface area contributed by atoms with Crippen molar-refractivity contribution in [2.45, 2.75) is 0 Å². The van der Waals surface area contributed by atoms with E-state index >= 15 is 0 Å². The van der Waals surface area contributed by atoms with Crippen LogP contribution in [0, 0.1) is 0 Å². The lowest BCUT2D eigenvalue weighted by molar-refractivity contribution is -0.117. The van der Waals surface area contributed by atoms with Crippen molar-refractivity contribution in [3.8, 4) is 5.75 Å². The van der Waals surface area contributed by atoms with Crippen LogP contribution in [0.2, 0.25) is 0 Å². The Morgan fingerprint density at radius 1 is 1.35 bits per heavy atom. The van der Waals surface area contributed by atoms with Crippen LogP contribution in [0.3, 0.4) is 0 Å². The van der Waals surface area contributed by atoms with Crippen LogP contribution in [0.25, 0.3) is 0 Å². The molecule has 0 aliphatic carbocycles. The Bertz CT molecular complexity index is 566. The van der Waals surface area contributed by atoms with Gasteiger partial charge in [0.2, 0.25) is 5.76 Å². The first-order chi connectivity index (χ1) is 9.61. The highest BCUT2D eigenvalue weighted by Gasteiger charge is 2.18. The van der Waals surface area contributed by atoms with Gasteiger partial charge in [0.25, 0.3) is 5.91 Å². The van der Waals surface area contributed by atoms with E-state index in [9.17, 15) is 9.59 Å². The number of hydrogen-bond acceptors (Lipinski definition) is 5. The van der Waals surface area contributed by atoms with Gasteiger partial charge in [-0.25, -0.2) is 4.79 Å². The van der Waals surface area contributed by atoms with E-state index in [4.69, 9.17) is 19.3 Å². The van der Waals surface area contributed by atoms with E-state index in [0.717, 1.165) is 0 Å². The van der Waals surface area contributed by atoms with Gasteiger partial charge in [0.05, 0.1) is 18.4 Å². The van der Waals surface area contributed by atoms with E-state index in [2.05, 4.69) is 5.32 Å². The average Bonchev–Trinajstić information content (AvgIpc) is 2.48. The molecule has 0 spiro atoms. The number of anilines is 1. The van der Waals surface area contributed by atoms with E-state index in [1.165, 1.54) is 31.6 Å². The molecular formula is C13H13NO6. The molecule has 0 bridgehead atoms. The van der Waals surface area contributed by atoms with E-state index in [1.807, 2.05) is 0 Å². The first-order valence-corrected chi connectivity index (χ1v) is 5.79. The van der Waals surface area contributed by atoms with Gasteiger partial charge in [-0.2, -0.15) is 0 Å². The average molecular weight is 279 g/mol. The summed E-state index contributed by atoms with van der Waals surface area (Å²) in [6, 6.07) is 4.16. The number of ether oxygens (including phenoxy) is 3. The quantitative estimate of drug-likeness (QED) is 0.860. The predicted octanol–water partition coefficient (Wildman–Crippen LogP) is 1.22. The van der Waals surface area contributed by atoms with Crippen molar-refractivity contribution in [1.29, 1.82) is 0 Å². The highest BCUT2D eigenvalue weighted by Crippen LogP contribution is 2.26. The molecular weight excluding hydrogens is 266 g/mol. The Labute approximate surface area is 114 Å². The molecule has 0 fully saturated rings. The van der Waals surface area contributed by atoms with Gasteiger partial charge >= 0.3 is 5.97 Å². The molecule has 106 valence electrons. The normalized spacial score (nSPS) is 13.6. The number of benzene rings is 1. The van der Waals surface area contributed by atoms with Gasteiger partial charge in [-0.15, -0.1) is 0 Å². The molecule has 1 aromatic rings. The van der Waals surface area contributed by atoms with E-state index in [-0.39, 0.29) is 23.6 Å². The predicted molar refractivity (Wildman–Crippen MR) is 68.6 cm³/mol. The number of carbonyl (C=O) groups is 2. The van der Waals surface area contributed by atoms with E-state index < -0.39 is 11.9 Å². The van der Waals surface area contributed by atoms with E-state index in [0.29, 0.717) is 12.4 Å². The van der Waals surface area contributed by atoms with Crippen molar-refractivity contribution < 1.29 is 28.9 Å². The molecule has 1 heterocycles. The second-order valence-electron chi connectivity index (χ2n) is 3.88. The maximum absolute atomic E-state index is 11.9. The summed E-state index contributed by atoms with van der Waals surface area (Å²) < 4.78 is 15.2. The third-order valence-corrected chi connectivity index (χ3v) is 2.57. The zero-order valence-corrected chi connectivity index (χ0v) is 10.7. The molecule has 0 radical (unpaired) electrons. The molecule has 1 aliphatic rings. The zero-order valence-electron chi connectivity index (χ0n) is 10.7. The summed E-state index contributed by atoms with van der Waals surface area (Å²) in [4.78, 5) is 22.9. The summed E-state index contributed by atoms with van der Waals surface area (Å²) in [5.41, 5.74) is 0.281. The Morgan fingerprint density at radius 3 is 2.75 bits per heavy atom. The molecule has 2 rings (SSSR count). The van der Waals surface area contributed by atoms with Gasteiger partial charge in [-0.1, -0.05) is 0 Å². The highest BCUT2D eigenvalue weighted by atomic mass is 16.6. The van der Waals surface area contributed by atoms with Gasteiger partial charge in [0, 0.05) is 0 Å². The lowest BCUT2D eigenvalue weighted by atomic mass is 10.2. The van der Waals surface area contributed by atoms with Crippen molar-refractivity contribution in [2.75, 3.05) is 25.6 Å². The Hall–Kier alpha value is -2.70. The van der Waals surface area contributed by atoms with Crippen molar-refractivity contribution >= 4 is 17.6 Å². The molecule has 0 saturated carbocycles. The minimum atomic E-state index is -1.10. The smallest absolute Gasteiger partial charge is 0.335 e. The van der Waals surface area contributed by atoms with E-state index in [1.54, 1.807) is 0 Å². The third kappa shape index (κ3) is 3.00. The summed E-state index contributed by atoms with van der Waals surface area (Å²) in [6.07, 6.45) is 1.21. The van der Waals surface area contributed by atoms with Gasteiger partial charge in [-0.05, 0) is 18.2 Å². The minimum absolute atomic E-state index is 0.0269. The second kappa shape index (κ2) is 5.96. The fourth-order valence-corrected chi connectivity index (χ4v) is 1.61. The minimum Gasteiger partial charge on any atom is -0.495 e. The number of methoxy groups -OCH3 is 1. The maximum Gasteiger partial charge on any atom is 0.335 e. The fourth-order valence-electron chi connectivity index (χ4n) is 1.61. The topological polar surface area (TPSA) is 94.1 Å². The number of rotatable bonds is 4. The summed E-state index contributed by atoms with van der Waals surface area (Å²) in [7, 11) is 1.42. The molecule has 0 unspecified atom stereocenters. The Balaban J connectivity index is 2.22. The van der Waals surface area contributed by atoms with Crippen LogP contribution < -0.4 is 10.1 Å². The van der Waals surface area contributed by atoms with Crippen LogP contribution >= 0.6 is 0 Å². The van der Waals surface area contributed by atoms with Gasteiger partial charge < -0.3 is 24.6 Å². The highest BCUT2D eigenvalue weighted by molar-refractivity contribution is 6.03. The Morgan fingerprint density at radius 2 is 2.15 bits per heavy atom. The van der Waals surface area contributed by atoms with Crippen LogP contribution in [-0.4, -0.2) is 37.3 Å². The number of amides is 1. The number of carboxylic acids is 1. The molecule has 2 N–H and O–H groups in total. The summed E-state index contributed by atoms with van der Waals surface area (Å²) >= 11 is 0. The number of aromatic carboxylic acids is 1. The van der Waals surface area contributed by atoms with Gasteiger partial charge in [0.15, 0.2) is 0 Å². The summed E-state index contributed by atoms with van der Waals surface area (Å²) in [5.74, 6) is -1.26. The number of hydrogen-bond donors (Lipinski definition) is 2. The van der Waals surface area contributed by atoms with Crippen LogP contribution in [-0.2, 0) is 14.3 Å². The Kier molecular flexibility index (Phi) is 4.09. The van der Waals surface area contributed by atoms with Crippen molar-refractivity contribution in [3.63, 3.8) is 0 Å². The summed E-state index contributed by atoms with van der Waals surface area (Å²) in [5, 5.41) is 11.5.